The van der Waals surface area contributed by atoms with Crippen LogP contribution in [0.2, 0.25) is 10.2 Å². The third-order valence-electron chi connectivity index (χ3n) is 7.99. The van der Waals surface area contributed by atoms with Crippen molar-refractivity contribution in [1.82, 2.24) is 29.6 Å². The molecule has 3 aromatic heterocycles. The molecule has 0 N–H and O–H groups in total. The van der Waals surface area contributed by atoms with Crippen LogP contribution in [0, 0.1) is 5.82 Å². The molecule has 6 heterocycles. The minimum absolute atomic E-state index is 0.130. The van der Waals surface area contributed by atoms with E-state index in [1.807, 2.05) is 6.07 Å². The van der Waals surface area contributed by atoms with Crippen LogP contribution >= 0.6 is 23.2 Å². The molecule has 208 valence electrons. The SMILES string of the molecule is CC1(c2ccc(Cl)cn2)Oc2c(F)ccc(C3CCN(Cc4nc5cc(Cl)nnc5n4CC4CCO4)CC3)c2O1. The molecule has 2 unspecified atom stereocenters. The molecule has 4 aromatic rings. The monoisotopic (exact) mass is 584 g/mol. The van der Waals surface area contributed by atoms with Crippen molar-refractivity contribution in [2.24, 2.45) is 0 Å². The molecule has 3 aliphatic rings. The fraction of sp³-hybridized carbons (Fsp3) is 0.429. The third-order valence-corrected chi connectivity index (χ3v) is 8.40. The van der Waals surface area contributed by atoms with Crippen molar-refractivity contribution in [2.75, 3.05) is 19.7 Å². The molecule has 0 aliphatic carbocycles. The van der Waals surface area contributed by atoms with Gasteiger partial charge in [0.2, 0.25) is 5.75 Å². The van der Waals surface area contributed by atoms with Gasteiger partial charge in [-0.3, -0.25) is 9.88 Å². The topological polar surface area (TPSA) is 87.4 Å². The lowest BCUT2D eigenvalue weighted by molar-refractivity contribution is -0.0734. The largest absolute Gasteiger partial charge is 0.443 e. The minimum Gasteiger partial charge on any atom is -0.443 e. The lowest BCUT2D eigenvalue weighted by Gasteiger charge is -2.33. The number of pyridine rings is 1. The molecule has 3 aliphatic heterocycles. The van der Waals surface area contributed by atoms with Gasteiger partial charge in [0.1, 0.15) is 17.0 Å². The van der Waals surface area contributed by atoms with Crippen molar-refractivity contribution in [3.8, 4) is 11.5 Å². The predicted molar refractivity (Wildman–Crippen MR) is 146 cm³/mol. The Bertz CT molecular complexity index is 1570. The van der Waals surface area contributed by atoms with E-state index in [0.717, 1.165) is 61.5 Å². The maximum Gasteiger partial charge on any atom is 0.292 e. The fourth-order valence-electron chi connectivity index (χ4n) is 5.73. The number of aromatic nitrogens is 5. The van der Waals surface area contributed by atoms with E-state index in [9.17, 15) is 4.39 Å². The maximum absolute atomic E-state index is 14.8. The van der Waals surface area contributed by atoms with Gasteiger partial charge >= 0.3 is 0 Å². The molecule has 0 amide bonds. The number of piperidine rings is 1. The maximum atomic E-state index is 14.8. The van der Waals surface area contributed by atoms with Crippen molar-refractivity contribution < 1.29 is 18.6 Å². The van der Waals surface area contributed by atoms with Crippen molar-refractivity contribution in [2.45, 2.75) is 57.1 Å². The van der Waals surface area contributed by atoms with Gasteiger partial charge in [-0.15, -0.1) is 10.2 Å². The fourth-order valence-corrected chi connectivity index (χ4v) is 5.98. The molecule has 2 fully saturated rings. The summed E-state index contributed by atoms with van der Waals surface area (Å²) in [5, 5.41) is 9.17. The molecule has 9 nitrogen and oxygen atoms in total. The molecule has 0 radical (unpaired) electrons. The second-order valence-electron chi connectivity index (χ2n) is 10.7. The summed E-state index contributed by atoms with van der Waals surface area (Å²) in [4.78, 5) is 11.6. The zero-order chi connectivity index (χ0) is 27.4. The normalized spacial score (nSPS) is 23.1. The van der Waals surface area contributed by atoms with Crippen LogP contribution in [0.1, 0.15) is 49.2 Å². The van der Waals surface area contributed by atoms with Gasteiger partial charge in [0, 0.05) is 31.4 Å². The molecule has 2 atom stereocenters. The van der Waals surface area contributed by atoms with E-state index in [4.69, 9.17) is 42.4 Å². The van der Waals surface area contributed by atoms with Crippen LogP contribution in [0.25, 0.3) is 11.2 Å². The number of imidazole rings is 1. The highest BCUT2D eigenvalue weighted by Crippen LogP contribution is 2.50. The number of fused-ring (bicyclic) bond motifs is 2. The number of hydrogen-bond donors (Lipinski definition) is 0. The first-order valence-corrected chi connectivity index (χ1v) is 14.2. The van der Waals surface area contributed by atoms with E-state index in [1.165, 1.54) is 12.3 Å². The summed E-state index contributed by atoms with van der Waals surface area (Å²) in [7, 11) is 0. The summed E-state index contributed by atoms with van der Waals surface area (Å²) < 4.78 is 35.0. The smallest absolute Gasteiger partial charge is 0.292 e. The Balaban J connectivity index is 1.08. The van der Waals surface area contributed by atoms with Gasteiger partial charge in [0.05, 0.1) is 24.2 Å². The molecule has 12 heteroatoms. The highest BCUT2D eigenvalue weighted by molar-refractivity contribution is 6.30. The number of rotatable bonds is 6. The molecule has 0 saturated carbocycles. The van der Waals surface area contributed by atoms with Gasteiger partial charge in [0.25, 0.3) is 5.79 Å². The summed E-state index contributed by atoms with van der Waals surface area (Å²) >= 11 is 12.1. The molecule has 1 aromatic carbocycles. The zero-order valence-electron chi connectivity index (χ0n) is 21.8. The average molecular weight is 585 g/mol. The number of likely N-dealkylation sites (tertiary alicyclic amines) is 1. The lowest BCUT2D eigenvalue weighted by atomic mass is 9.88. The molecule has 7 rings (SSSR count). The summed E-state index contributed by atoms with van der Waals surface area (Å²) in [6, 6.07) is 8.48. The van der Waals surface area contributed by atoms with Gasteiger partial charge in [-0.1, -0.05) is 29.3 Å². The van der Waals surface area contributed by atoms with Crippen LogP contribution in [-0.2, 0) is 23.6 Å². The van der Waals surface area contributed by atoms with Crippen LogP contribution in [0.5, 0.6) is 11.5 Å². The number of halogens is 3. The van der Waals surface area contributed by atoms with E-state index in [1.54, 1.807) is 25.1 Å². The van der Waals surface area contributed by atoms with Gasteiger partial charge in [0.15, 0.2) is 22.4 Å². The van der Waals surface area contributed by atoms with E-state index in [-0.39, 0.29) is 17.8 Å². The molecule has 0 spiro atoms. The molecule has 2 saturated heterocycles. The Morgan fingerprint density at radius 2 is 1.85 bits per heavy atom. The van der Waals surface area contributed by atoms with Gasteiger partial charge in [-0.05, 0) is 56.5 Å². The van der Waals surface area contributed by atoms with Gasteiger partial charge in [-0.2, -0.15) is 0 Å². The first-order chi connectivity index (χ1) is 19.4. The Hall–Kier alpha value is -3.05. The Labute approximate surface area is 240 Å². The third kappa shape index (κ3) is 4.66. The predicted octanol–water partition coefficient (Wildman–Crippen LogP) is 5.48. The van der Waals surface area contributed by atoms with Crippen molar-refractivity contribution >= 4 is 34.4 Å². The number of nitrogens with zero attached hydrogens (tertiary/aromatic N) is 6. The lowest BCUT2D eigenvalue weighted by Crippen LogP contribution is -2.35. The van der Waals surface area contributed by atoms with Crippen LogP contribution in [0.15, 0.2) is 36.5 Å². The van der Waals surface area contributed by atoms with Crippen LogP contribution in [0.3, 0.4) is 0 Å². The highest BCUT2D eigenvalue weighted by atomic mass is 35.5. The summed E-state index contributed by atoms with van der Waals surface area (Å²) in [6.07, 6.45) is 4.48. The van der Waals surface area contributed by atoms with E-state index in [2.05, 4.69) is 24.6 Å². The Morgan fingerprint density at radius 1 is 1.05 bits per heavy atom. The number of hydrogen-bond acceptors (Lipinski definition) is 8. The second kappa shape index (κ2) is 10.1. The van der Waals surface area contributed by atoms with E-state index >= 15 is 0 Å². The van der Waals surface area contributed by atoms with Gasteiger partial charge < -0.3 is 18.8 Å². The summed E-state index contributed by atoms with van der Waals surface area (Å²) in [5.74, 6) is 0.0139. The van der Waals surface area contributed by atoms with E-state index in [0.29, 0.717) is 34.7 Å². The Kier molecular flexibility index (Phi) is 6.53. The van der Waals surface area contributed by atoms with Crippen LogP contribution in [0.4, 0.5) is 4.39 Å². The summed E-state index contributed by atoms with van der Waals surface area (Å²) in [6.45, 7) is 5.60. The quantitative estimate of drug-likeness (QED) is 0.294. The average Bonchev–Trinajstić information content (AvgIpc) is 3.45. The van der Waals surface area contributed by atoms with Gasteiger partial charge in [-0.25, -0.2) is 9.37 Å². The van der Waals surface area contributed by atoms with Crippen molar-refractivity contribution in [3.05, 3.63) is 69.6 Å². The van der Waals surface area contributed by atoms with E-state index < -0.39 is 11.6 Å². The molecular formula is C28H27Cl2FN6O3. The summed E-state index contributed by atoms with van der Waals surface area (Å²) in [5.41, 5.74) is 2.94. The zero-order valence-corrected chi connectivity index (χ0v) is 23.3. The second-order valence-corrected chi connectivity index (χ2v) is 11.5. The first kappa shape index (κ1) is 25.9. The Morgan fingerprint density at radius 3 is 2.58 bits per heavy atom. The van der Waals surface area contributed by atoms with Crippen LogP contribution < -0.4 is 9.47 Å². The standard InChI is InChI=1S/C28H27Cl2FN6O3/c1-28(22-5-2-17(29)13-32-22)39-25-19(3-4-20(31)26(25)40-28)16-6-9-36(10-7-16)15-24-33-21-12-23(30)34-35-27(21)37(24)14-18-8-11-38-18/h2-5,12-13,16,18H,6-11,14-15H2,1H3. The molecule has 40 heavy (non-hydrogen) atoms. The van der Waals surface area contributed by atoms with Crippen molar-refractivity contribution in [1.29, 1.82) is 0 Å². The van der Waals surface area contributed by atoms with Crippen molar-refractivity contribution in [3.63, 3.8) is 0 Å². The number of benzene rings is 1. The molecular weight excluding hydrogens is 558 g/mol. The minimum atomic E-state index is -1.24. The van der Waals surface area contributed by atoms with Crippen LogP contribution in [-0.4, -0.2) is 55.4 Å². The number of ether oxygens (including phenoxy) is 3. The molecule has 0 bridgehead atoms. The highest BCUT2D eigenvalue weighted by Gasteiger charge is 2.44. The first-order valence-electron chi connectivity index (χ1n) is 13.4.